The number of rotatable bonds is 3. The van der Waals surface area contributed by atoms with Crippen LogP contribution in [0.4, 0.5) is 0 Å². The zero-order valence-corrected chi connectivity index (χ0v) is 21.9. The molecule has 0 radical (unpaired) electrons. The van der Waals surface area contributed by atoms with E-state index in [4.69, 9.17) is 5.73 Å². The number of phenols is 1. The minimum absolute atomic E-state index is 0.0149. The quantitative estimate of drug-likeness (QED) is 0.446. The third kappa shape index (κ3) is 3.56. The van der Waals surface area contributed by atoms with E-state index in [1.807, 2.05) is 0 Å². The first kappa shape index (κ1) is 26.6. The molecule has 2 unspecified atom stereocenters. The van der Waals surface area contributed by atoms with Crippen molar-refractivity contribution in [1.82, 2.24) is 9.80 Å². The van der Waals surface area contributed by atoms with Crippen molar-refractivity contribution in [2.45, 2.75) is 24.5 Å². The molecule has 3 aliphatic rings. The molecule has 2 amide bonds. The summed E-state index contributed by atoms with van der Waals surface area (Å²) in [6.07, 6.45) is 0.159. The Hall–Kier alpha value is -3.96. The van der Waals surface area contributed by atoms with Crippen LogP contribution >= 0.6 is 0 Å². The highest BCUT2D eigenvalue weighted by atomic mass is 16.3. The highest BCUT2D eigenvalue weighted by Crippen LogP contribution is 2.51. The molecule has 11 heteroatoms. The molecule has 0 bridgehead atoms. The molecule has 4 N–H and O–H groups in total. The number of Topliss-reactive ketones (excluding diaryl/α,β-unsaturated/α-hetero) is 4. The van der Waals surface area contributed by atoms with Gasteiger partial charge in [0.2, 0.25) is 5.91 Å². The Morgan fingerprint density at radius 1 is 1.03 bits per heavy atom. The third-order valence-electron chi connectivity index (χ3n) is 8.52. The number of likely N-dealkylation sites (N-methyl/N-ethyl adjacent to an activating group) is 1. The largest absolute Gasteiger partial charge is 0.507 e. The topological polar surface area (TPSA) is 175 Å². The molecule has 204 valence electrons. The molecular weight excluding hydrogens is 506 g/mol. The second-order valence-corrected chi connectivity index (χ2v) is 11.2. The minimum atomic E-state index is -2.77. The highest BCUT2D eigenvalue weighted by molar-refractivity contribution is 6.32. The molecule has 2 saturated carbocycles. The Kier molecular flexibility index (Phi) is 6.00. The Morgan fingerprint density at radius 3 is 2.28 bits per heavy atom. The van der Waals surface area contributed by atoms with Crippen LogP contribution in [0.25, 0.3) is 10.8 Å². The smallest absolute Gasteiger partial charge is 0.253 e. The van der Waals surface area contributed by atoms with E-state index >= 15 is 0 Å². The van der Waals surface area contributed by atoms with Gasteiger partial charge in [0.05, 0.1) is 17.5 Å². The summed E-state index contributed by atoms with van der Waals surface area (Å²) in [7, 11) is 6.24. The second kappa shape index (κ2) is 8.78. The predicted molar refractivity (Wildman–Crippen MR) is 137 cm³/mol. The molecular formula is C28H29N3O8. The summed E-state index contributed by atoms with van der Waals surface area (Å²) in [6, 6.07) is 5.32. The fraction of sp³-hybridized carbons (Fsp3) is 0.429. The van der Waals surface area contributed by atoms with Gasteiger partial charge in [-0.05, 0) is 55.9 Å². The van der Waals surface area contributed by atoms with E-state index in [2.05, 4.69) is 0 Å². The Balaban J connectivity index is 1.64. The fourth-order valence-electron chi connectivity index (χ4n) is 6.76. The van der Waals surface area contributed by atoms with Crippen molar-refractivity contribution in [2.24, 2.45) is 29.4 Å². The van der Waals surface area contributed by atoms with E-state index in [1.54, 1.807) is 32.3 Å². The number of primary amides is 1. The molecule has 0 saturated heterocycles. The van der Waals surface area contributed by atoms with Gasteiger partial charge in [0.25, 0.3) is 5.91 Å². The predicted octanol–water partition coefficient (Wildman–Crippen LogP) is -0.278. The van der Waals surface area contributed by atoms with Gasteiger partial charge < -0.3 is 20.8 Å². The lowest BCUT2D eigenvalue weighted by molar-refractivity contribution is -0.181. The summed E-state index contributed by atoms with van der Waals surface area (Å²) in [5.41, 5.74) is 3.24. The maximum Gasteiger partial charge on any atom is 0.253 e. The van der Waals surface area contributed by atoms with Gasteiger partial charge in [0.1, 0.15) is 5.75 Å². The molecule has 3 aliphatic carbocycles. The van der Waals surface area contributed by atoms with E-state index in [-0.39, 0.29) is 29.7 Å². The van der Waals surface area contributed by atoms with E-state index in [9.17, 15) is 39.0 Å². The zero-order chi connectivity index (χ0) is 28.7. The number of benzene rings is 2. The average Bonchev–Trinajstić information content (AvgIpc) is 2.85. The summed E-state index contributed by atoms with van der Waals surface area (Å²) in [4.78, 5) is 81.5. The number of aliphatic hydroxyl groups is 1. The zero-order valence-electron chi connectivity index (χ0n) is 21.9. The molecule has 5 rings (SSSR count). The van der Waals surface area contributed by atoms with Crippen LogP contribution in [0.1, 0.15) is 32.7 Å². The van der Waals surface area contributed by atoms with Crippen LogP contribution < -0.4 is 5.73 Å². The van der Waals surface area contributed by atoms with E-state index in [1.165, 1.54) is 30.0 Å². The number of hydrogen-bond donors (Lipinski definition) is 3. The Labute approximate surface area is 223 Å². The van der Waals surface area contributed by atoms with Gasteiger partial charge >= 0.3 is 0 Å². The van der Waals surface area contributed by atoms with Crippen molar-refractivity contribution in [3.05, 3.63) is 41.0 Å². The van der Waals surface area contributed by atoms with Crippen LogP contribution in [-0.4, -0.2) is 94.8 Å². The minimum Gasteiger partial charge on any atom is -0.507 e. The number of hydrogen-bond acceptors (Lipinski definition) is 9. The maximum atomic E-state index is 13.9. The van der Waals surface area contributed by atoms with Gasteiger partial charge in [0, 0.05) is 31.0 Å². The lowest BCUT2D eigenvalue weighted by atomic mass is 9.52. The van der Waals surface area contributed by atoms with Crippen LogP contribution in [0.15, 0.2) is 24.3 Å². The van der Waals surface area contributed by atoms with Crippen LogP contribution in [0.5, 0.6) is 5.75 Å². The summed E-state index contributed by atoms with van der Waals surface area (Å²) < 4.78 is 0. The number of phenolic OH excluding ortho intramolecular Hbond substituents is 1. The van der Waals surface area contributed by atoms with E-state index in [0.29, 0.717) is 16.5 Å². The van der Waals surface area contributed by atoms with Gasteiger partial charge in [0.15, 0.2) is 34.7 Å². The van der Waals surface area contributed by atoms with Gasteiger partial charge in [-0.2, -0.15) is 0 Å². The normalized spacial score (nSPS) is 30.2. The van der Waals surface area contributed by atoms with Crippen molar-refractivity contribution >= 4 is 45.7 Å². The summed E-state index contributed by atoms with van der Waals surface area (Å²) in [5.74, 6) is -11.2. The van der Waals surface area contributed by atoms with Crippen molar-refractivity contribution in [3.63, 3.8) is 0 Å². The number of nitrogens with two attached hydrogens (primary N) is 1. The monoisotopic (exact) mass is 535 g/mol. The maximum absolute atomic E-state index is 13.9. The van der Waals surface area contributed by atoms with E-state index < -0.39 is 70.1 Å². The number of amides is 2. The SMILES string of the molecule is CN(C)C(=O)c1ccc2cc3c(c(O)c2c1)C(=O)C1C(=O)[C@]2(O)C(=O)C(C(N)=O)C(=O)[C@@H](N(C)C)[C@@H]2C[C@@H]1C3. The van der Waals surface area contributed by atoms with Crippen LogP contribution in [0, 0.1) is 23.7 Å². The van der Waals surface area contributed by atoms with Crippen molar-refractivity contribution in [2.75, 3.05) is 28.2 Å². The molecule has 0 heterocycles. The molecule has 2 fully saturated rings. The number of carbonyl (C=O) groups is 6. The lowest BCUT2D eigenvalue weighted by Gasteiger charge is -2.52. The molecule has 6 atom stereocenters. The second-order valence-electron chi connectivity index (χ2n) is 11.2. The summed E-state index contributed by atoms with van der Waals surface area (Å²) in [5, 5.41) is 23.7. The average molecular weight is 536 g/mol. The summed E-state index contributed by atoms with van der Waals surface area (Å²) >= 11 is 0. The molecule has 0 spiro atoms. The lowest BCUT2D eigenvalue weighted by Crippen LogP contribution is -2.74. The number of carbonyl (C=O) groups excluding carboxylic acids is 6. The number of nitrogens with zero attached hydrogens (tertiary/aromatic N) is 2. The Morgan fingerprint density at radius 2 is 1.69 bits per heavy atom. The van der Waals surface area contributed by atoms with Gasteiger partial charge in [-0.1, -0.05) is 12.1 Å². The number of aromatic hydroxyl groups is 1. The molecule has 0 aliphatic heterocycles. The van der Waals surface area contributed by atoms with Crippen molar-refractivity contribution in [1.29, 1.82) is 0 Å². The standard InChI is InChI=1S/C28H29N3O8/c1-30(2)20-16-10-14-8-13-7-11-5-6-12(27(38)31(3)4)9-15(11)21(32)17(13)22(33)18(14)24(35)28(16,39)25(36)19(23(20)34)26(29)37/h5-7,9,14,16,18-20,32,39H,8,10H2,1-4H3,(H2,29,37)/t14-,16-,18?,19?,20-,28-/m0/s1. The van der Waals surface area contributed by atoms with E-state index in [0.717, 1.165) is 0 Å². The first-order valence-corrected chi connectivity index (χ1v) is 12.6. The fourth-order valence-corrected chi connectivity index (χ4v) is 6.76. The number of ketones is 4. The first-order valence-electron chi connectivity index (χ1n) is 12.6. The molecule has 2 aromatic rings. The molecule has 39 heavy (non-hydrogen) atoms. The van der Waals surface area contributed by atoms with Crippen molar-refractivity contribution in [3.8, 4) is 5.75 Å². The van der Waals surface area contributed by atoms with Gasteiger partial charge in [-0.15, -0.1) is 0 Å². The molecule has 0 aromatic heterocycles. The van der Waals surface area contributed by atoms with Crippen LogP contribution in [0.3, 0.4) is 0 Å². The molecule has 2 aromatic carbocycles. The van der Waals surface area contributed by atoms with Crippen LogP contribution in [-0.2, 0) is 25.6 Å². The summed E-state index contributed by atoms with van der Waals surface area (Å²) in [6.45, 7) is 0. The Bertz CT molecular complexity index is 1510. The molecule has 11 nitrogen and oxygen atoms in total. The van der Waals surface area contributed by atoms with Crippen LogP contribution in [0.2, 0.25) is 0 Å². The van der Waals surface area contributed by atoms with Gasteiger partial charge in [-0.25, -0.2) is 0 Å². The van der Waals surface area contributed by atoms with Crippen molar-refractivity contribution < 1.29 is 39.0 Å². The third-order valence-corrected chi connectivity index (χ3v) is 8.52. The highest BCUT2D eigenvalue weighted by Gasteiger charge is 2.69. The van der Waals surface area contributed by atoms with Gasteiger partial charge in [-0.3, -0.25) is 33.7 Å². The number of fused-ring (bicyclic) bond motifs is 4. The first-order chi connectivity index (χ1) is 18.2.